The molecule has 1 aromatic carbocycles. The highest BCUT2D eigenvalue weighted by molar-refractivity contribution is 5.74. The molecule has 0 heterocycles. The van der Waals surface area contributed by atoms with Gasteiger partial charge in [0.15, 0.2) is 11.6 Å². The first-order valence-corrected chi connectivity index (χ1v) is 6.03. The number of ether oxygens (including phenoxy) is 1. The van der Waals surface area contributed by atoms with Crippen molar-refractivity contribution < 1.29 is 18.3 Å². The van der Waals surface area contributed by atoms with Crippen molar-refractivity contribution in [2.45, 2.75) is 32.9 Å². The molecule has 6 heteroatoms. The van der Waals surface area contributed by atoms with Gasteiger partial charge in [0.05, 0.1) is 6.04 Å². The summed E-state index contributed by atoms with van der Waals surface area (Å²) >= 11 is 0. The summed E-state index contributed by atoms with van der Waals surface area (Å²) in [6, 6.07) is 2.49. The summed E-state index contributed by atoms with van der Waals surface area (Å²) in [6.45, 7) is 5.50. The summed E-state index contributed by atoms with van der Waals surface area (Å²) in [7, 11) is 0. The van der Waals surface area contributed by atoms with Crippen molar-refractivity contribution in [1.82, 2.24) is 10.6 Å². The number of halogens is 2. The van der Waals surface area contributed by atoms with E-state index >= 15 is 0 Å². The van der Waals surface area contributed by atoms with Crippen LogP contribution in [0.3, 0.4) is 0 Å². The quantitative estimate of drug-likeness (QED) is 0.865. The predicted molar refractivity (Wildman–Crippen MR) is 68.1 cm³/mol. The number of nitrogens with one attached hydrogen (secondary N) is 2. The van der Waals surface area contributed by atoms with E-state index in [0.29, 0.717) is 0 Å². The molecule has 106 valence electrons. The second-order valence-electron chi connectivity index (χ2n) is 4.56. The molecule has 0 fully saturated rings. The molecule has 0 aliphatic rings. The average molecular weight is 272 g/mol. The SMILES string of the molecule is CC(C)NC(=O)N[C@@H](C)COc1ccc(F)cc1F. The van der Waals surface area contributed by atoms with Gasteiger partial charge >= 0.3 is 6.03 Å². The van der Waals surface area contributed by atoms with Gasteiger partial charge in [0.2, 0.25) is 0 Å². The Morgan fingerprint density at radius 1 is 1.26 bits per heavy atom. The third-order valence-electron chi connectivity index (χ3n) is 2.18. The molecule has 1 aromatic rings. The molecule has 0 saturated heterocycles. The van der Waals surface area contributed by atoms with Crippen LogP contribution >= 0.6 is 0 Å². The van der Waals surface area contributed by atoms with Gasteiger partial charge in [0, 0.05) is 12.1 Å². The topological polar surface area (TPSA) is 50.4 Å². The largest absolute Gasteiger partial charge is 0.488 e. The van der Waals surface area contributed by atoms with E-state index < -0.39 is 11.6 Å². The minimum atomic E-state index is -0.765. The number of urea groups is 1. The number of hydrogen-bond donors (Lipinski definition) is 2. The van der Waals surface area contributed by atoms with E-state index in [2.05, 4.69) is 10.6 Å². The molecule has 0 saturated carbocycles. The van der Waals surface area contributed by atoms with Crippen LogP contribution in [0.2, 0.25) is 0 Å². The van der Waals surface area contributed by atoms with Crippen LogP contribution in [0.1, 0.15) is 20.8 Å². The fourth-order valence-electron chi connectivity index (χ4n) is 1.38. The fraction of sp³-hybridized carbons (Fsp3) is 0.462. The third kappa shape index (κ3) is 5.54. The summed E-state index contributed by atoms with van der Waals surface area (Å²) in [5.74, 6) is -1.47. The molecule has 0 spiro atoms. The summed E-state index contributed by atoms with van der Waals surface area (Å²) in [6.07, 6.45) is 0. The van der Waals surface area contributed by atoms with Crippen LogP contribution in [-0.2, 0) is 0 Å². The van der Waals surface area contributed by atoms with Crippen LogP contribution in [0.25, 0.3) is 0 Å². The Kier molecular flexibility index (Phi) is 5.54. The first-order chi connectivity index (χ1) is 8.88. The second-order valence-corrected chi connectivity index (χ2v) is 4.56. The highest BCUT2D eigenvalue weighted by atomic mass is 19.1. The number of benzene rings is 1. The Hall–Kier alpha value is -1.85. The molecular formula is C13H18F2N2O2. The van der Waals surface area contributed by atoms with E-state index in [4.69, 9.17) is 4.74 Å². The lowest BCUT2D eigenvalue weighted by atomic mass is 10.3. The fourth-order valence-corrected chi connectivity index (χ4v) is 1.38. The monoisotopic (exact) mass is 272 g/mol. The van der Waals surface area contributed by atoms with Crippen molar-refractivity contribution in [2.75, 3.05) is 6.61 Å². The van der Waals surface area contributed by atoms with Gasteiger partial charge in [-0.05, 0) is 32.9 Å². The Morgan fingerprint density at radius 2 is 1.95 bits per heavy atom. The zero-order valence-electron chi connectivity index (χ0n) is 11.2. The summed E-state index contributed by atoms with van der Waals surface area (Å²) < 4.78 is 31.1. The summed E-state index contributed by atoms with van der Waals surface area (Å²) in [5, 5.41) is 5.30. The molecule has 1 atom stereocenters. The number of carbonyl (C=O) groups excluding carboxylic acids is 1. The van der Waals surface area contributed by atoms with Crippen LogP contribution in [0.15, 0.2) is 18.2 Å². The molecular weight excluding hydrogens is 254 g/mol. The Balaban J connectivity index is 2.41. The molecule has 1 rings (SSSR count). The van der Waals surface area contributed by atoms with Gasteiger partial charge in [-0.1, -0.05) is 0 Å². The third-order valence-corrected chi connectivity index (χ3v) is 2.18. The molecule has 4 nitrogen and oxygen atoms in total. The molecule has 0 unspecified atom stereocenters. The van der Waals surface area contributed by atoms with Gasteiger partial charge in [-0.25, -0.2) is 13.6 Å². The van der Waals surface area contributed by atoms with Crippen molar-refractivity contribution in [3.63, 3.8) is 0 Å². The highest BCUT2D eigenvalue weighted by Crippen LogP contribution is 2.17. The first kappa shape index (κ1) is 15.2. The van der Waals surface area contributed by atoms with E-state index in [9.17, 15) is 13.6 Å². The van der Waals surface area contributed by atoms with Crippen LogP contribution in [0.5, 0.6) is 5.75 Å². The molecule has 0 aliphatic carbocycles. The lowest BCUT2D eigenvalue weighted by Gasteiger charge is -2.17. The van der Waals surface area contributed by atoms with Crippen LogP contribution in [-0.4, -0.2) is 24.7 Å². The van der Waals surface area contributed by atoms with Gasteiger partial charge in [0.1, 0.15) is 12.4 Å². The normalized spacial score (nSPS) is 12.1. The molecule has 2 amide bonds. The van der Waals surface area contributed by atoms with Crippen LogP contribution in [0.4, 0.5) is 13.6 Å². The molecule has 19 heavy (non-hydrogen) atoms. The van der Waals surface area contributed by atoms with Crippen molar-refractivity contribution >= 4 is 6.03 Å². The minimum absolute atomic E-state index is 0.0302. The van der Waals surface area contributed by atoms with Crippen molar-refractivity contribution in [3.8, 4) is 5.75 Å². The minimum Gasteiger partial charge on any atom is -0.488 e. The average Bonchev–Trinajstić information content (AvgIpc) is 2.26. The van der Waals surface area contributed by atoms with E-state index in [-0.39, 0.29) is 30.5 Å². The van der Waals surface area contributed by atoms with E-state index in [0.717, 1.165) is 12.1 Å². The molecule has 0 aromatic heterocycles. The van der Waals surface area contributed by atoms with Crippen LogP contribution in [0, 0.1) is 11.6 Å². The smallest absolute Gasteiger partial charge is 0.315 e. The zero-order chi connectivity index (χ0) is 14.4. The van der Waals surface area contributed by atoms with Crippen LogP contribution < -0.4 is 15.4 Å². The zero-order valence-corrected chi connectivity index (χ0v) is 11.2. The van der Waals surface area contributed by atoms with E-state index in [1.54, 1.807) is 6.92 Å². The molecule has 0 radical (unpaired) electrons. The maximum atomic E-state index is 13.3. The number of rotatable bonds is 5. The number of carbonyl (C=O) groups is 1. The van der Waals surface area contributed by atoms with Gasteiger partial charge in [-0.15, -0.1) is 0 Å². The standard InChI is InChI=1S/C13H18F2N2O2/c1-8(2)16-13(18)17-9(3)7-19-12-5-4-10(14)6-11(12)15/h4-6,8-9H,7H2,1-3H3,(H2,16,17,18)/t9-/m0/s1. The lowest BCUT2D eigenvalue weighted by molar-refractivity contribution is 0.222. The van der Waals surface area contributed by atoms with Crippen molar-refractivity contribution in [1.29, 1.82) is 0 Å². The molecule has 0 bridgehead atoms. The maximum absolute atomic E-state index is 13.3. The van der Waals surface area contributed by atoms with Crippen molar-refractivity contribution in [3.05, 3.63) is 29.8 Å². The number of hydrogen-bond acceptors (Lipinski definition) is 2. The maximum Gasteiger partial charge on any atom is 0.315 e. The summed E-state index contributed by atoms with van der Waals surface area (Å²) in [4.78, 5) is 11.4. The van der Waals surface area contributed by atoms with Crippen molar-refractivity contribution in [2.24, 2.45) is 0 Å². The second kappa shape index (κ2) is 6.92. The van der Waals surface area contributed by atoms with Gasteiger partial charge in [0.25, 0.3) is 0 Å². The Morgan fingerprint density at radius 3 is 2.53 bits per heavy atom. The van der Waals surface area contributed by atoms with Gasteiger partial charge < -0.3 is 15.4 Å². The highest BCUT2D eigenvalue weighted by Gasteiger charge is 2.10. The van der Waals surface area contributed by atoms with E-state index in [1.165, 1.54) is 6.07 Å². The predicted octanol–water partition coefficient (Wildman–Crippen LogP) is 2.44. The number of amides is 2. The van der Waals surface area contributed by atoms with Gasteiger partial charge in [-0.3, -0.25) is 0 Å². The lowest BCUT2D eigenvalue weighted by Crippen LogP contribution is -2.45. The Bertz CT molecular complexity index is 439. The summed E-state index contributed by atoms with van der Waals surface area (Å²) in [5.41, 5.74) is 0. The van der Waals surface area contributed by atoms with E-state index in [1.807, 2.05) is 13.8 Å². The molecule has 2 N–H and O–H groups in total. The molecule has 0 aliphatic heterocycles. The van der Waals surface area contributed by atoms with Gasteiger partial charge in [-0.2, -0.15) is 0 Å². The Labute approximate surface area is 111 Å². The first-order valence-electron chi connectivity index (χ1n) is 6.03.